The van der Waals surface area contributed by atoms with Gasteiger partial charge in [0.25, 0.3) is 11.3 Å². The van der Waals surface area contributed by atoms with Crippen molar-refractivity contribution in [2.45, 2.75) is 58.4 Å². The van der Waals surface area contributed by atoms with Crippen LogP contribution in [0.15, 0.2) is 0 Å². The number of rotatable bonds is 0. The molecule has 15 heteroatoms. The average Bonchev–Trinajstić information content (AvgIpc) is 2.45. The summed E-state index contributed by atoms with van der Waals surface area (Å²) in [6.07, 6.45) is -5.46. The molecule has 0 aliphatic heterocycles. The van der Waals surface area contributed by atoms with Gasteiger partial charge in [0.2, 0.25) is 0 Å². The second-order valence-corrected chi connectivity index (χ2v) is 6.01. The largest absolute Gasteiger partial charge is 0.385 e. The van der Waals surface area contributed by atoms with Crippen LogP contribution in [0.5, 0.6) is 0 Å². The summed E-state index contributed by atoms with van der Waals surface area (Å²) in [5.74, 6) is -37.2. The van der Waals surface area contributed by atoms with Crippen LogP contribution in [0.4, 0.5) is 61.5 Å². The van der Waals surface area contributed by atoms with Gasteiger partial charge in [-0.2, -0.15) is 43.9 Å². The summed E-state index contributed by atoms with van der Waals surface area (Å²) < 4.78 is 193. The van der Waals surface area contributed by atoms with Gasteiger partial charge in [0.15, 0.2) is 0 Å². The smallest absolute Gasteiger partial charge is 0.339 e. The normalized spacial score (nSPS) is 56.0. The van der Waals surface area contributed by atoms with Crippen molar-refractivity contribution >= 4 is 0 Å². The molecule has 146 valence electrons. The zero-order valence-corrected chi connectivity index (χ0v) is 10.8. The highest BCUT2D eigenvalue weighted by Gasteiger charge is 3.19. The first-order valence-electron chi connectivity index (χ1n) is 5.98. The van der Waals surface area contributed by atoms with E-state index in [1.165, 1.54) is 0 Å². The summed E-state index contributed by atoms with van der Waals surface area (Å²) >= 11 is 0. The number of alkyl halides is 14. The minimum Gasteiger partial charge on any atom is -0.385 e. The van der Waals surface area contributed by atoms with Gasteiger partial charge in [-0.25, -0.2) is 17.6 Å². The molecule has 4 rings (SSSR count). The van der Waals surface area contributed by atoms with Crippen LogP contribution in [0.3, 0.4) is 0 Å². The van der Waals surface area contributed by atoms with Crippen LogP contribution < -0.4 is 0 Å². The first kappa shape index (κ1) is 18.8. The van der Waals surface area contributed by atoms with Crippen molar-refractivity contribution in [1.82, 2.24) is 0 Å². The Kier molecular flexibility index (Phi) is 2.66. The van der Waals surface area contributed by atoms with Crippen LogP contribution in [0.25, 0.3) is 0 Å². The number of hydrogen-bond donors (Lipinski definition) is 1. The predicted molar refractivity (Wildman–Crippen MR) is 46.1 cm³/mol. The molecule has 0 amide bonds. The van der Waals surface area contributed by atoms with Crippen LogP contribution >= 0.6 is 0 Å². The lowest BCUT2D eigenvalue weighted by molar-refractivity contribution is -0.584. The number of aliphatic hydroxyl groups is 1. The van der Waals surface area contributed by atoms with Crippen molar-refractivity contribution in [3.8, 4) is 0 Å². The van der Waals surface area contributed by atoms with Crippen molar-refractivity contribution in [3.05, 3.63) is 0 Å². The quantitative estimate of drug-likeness (QED) is 0.614. The Balaban J connectivity index is 2.65. The maximum absolute atomic E-state index is 14.1. The van der Waals surface area contributed by atoms with Gasteiger partial charge in [0.1, 0.15) is 6.10 Å². The third kappa shape index (κ3) is 0.992. The Labute approximate surface area is 126 Å². The molecule has 4 saturated carbocycles. The van der Waals surface area contributed by atoms with E-state index in [9.17, 15) is 61.5 Å². The van der Waals surface area contributed by atoms with Crippen molar-refractivity contribution in [3.63, 3.8) is 0 Å². The van der Waals surface area contributed by atoms with Gasteiger partial charge in [-0.15, -0.1) is 0 Å². The minimum atomic E-state index is -7.68. The van der Waals surface area contributed by atoms with Gasteiger partial charge < -0.3 is 5.11 Å². The van der Waals surface area contributed by atoms with Gasteiger partial charge in [-0.05, 0) is 0 Å². The highest BCUT2D eigenvalue weighted by atomic mass is 19.3. The number of hydrogen-bond acceptors (Lipinski definition) is 1. The summed E-state index contributed by atoms with van der Waals surface area (Å²) in [5.41, 5.74) is -28.7. The molecule has 1 nitrogen and oxygen atoms in total. The molecular weight excluding hydrogens is 402 g/mol. The average molecular weight is 404 g/mol. The first-order valence-corrected chi connectivity index (χ1v) is 5.98. The van der Waals surface area contributed by atoms with E-state index in [2.05, 4.69) is 0 Å². The molecule has 0 spiro atoms. The van der Waals surface area contributed by atoms with E-state index >= 15 is 0 Å². The van der Waals surface area contributed by atoms with E-state index in [1.807, 2.05) is 0 Å². The monoisotopic (exact) mass is 404 g/mol. The van der Waals surface area contributed by atoms with Crippen LogP contribution in [0.2, 0.25) is 0 Å². The molecule has 4 aliphatic rings. The molecule has 0 unspecified atom stereocenters. The Morgan fingerprint density at radius 1 is 0.400 bits per heavy atom. The Morgan fingerprint density at radius 3 is 0.800 bits per heavy atom. The van der Waals surface area contributed by atoms with Crippen molar-refractivity contribution < 1.29 is 66.6 Å². The standard InChI is InChI=1S/C10H2F14O/c11-2-1(25)3(12)8(19,20)4(13,6(2,15)16)10(23,24)5(14,7(2,17)18)9(3,21)22/h1,25H. The molecule has 0 aromatic carbocycles. The lowest BCUT2D eigenvalue weighted by atomic mass is 9.41. The topological polar surface area (TPSA) is 20.2 Å². The second-order valence-electron chi connectivity index (χ2n) is 6.01. The van der Waals surface area contributed by atoms with E-state index in [1.54, 1.807) is 0 Å². The Morgan fingerprint density at radius 2 is 0.600 bits per heavy atom. The molecule has 4 bridgehead atoms. The molecule has 25 heavy (non-hydrogen) atoms. The lowest BCUT2D eigenvalue weighted by Gasteiger charge is -2.72. The maximum Gasteiger partial charge on any atom is 0.339 e. The van der Waals surface area contributed by atoms with Gasteiger partial charge >= 0.3 is 41.0 Å². The van der Waals surface area contributed by atoms with Crippen molar-refractivity contribution in [2.75, 3.05) is 0 Å². The first-order chi connectivity index (χ1) is 10.7. The van der Waals surface area contributed by atoms with Crippen molar-refractivity contribution in [1.29, 1.82) is 0 Å². The molecule has 4 aliphatic carbocycles. The maximum atomic E-state index is 14.1. The molecule has 0 heterocycles. The SMILES string of the molecule is OC1C2(F)C(F)(F)C3(F)C(F)(F)C1(F)C(F)(F)C(F)(C2(F)F)C3(F)F. The van der Waals surface area contributed by atoms with E-state index < -0.39 is 58.4 Å². The molecule has 4 fully saturated rings. The molecule has 0 saturated heterocycles. The molecule has 0 aromatic rings. The summed E-state index contributed by atoms with van der Waals surface area (Å²) in [6, 6.07) is 0. The molecule has 0 aromatic heterocycles. The zero-order chi connectivity index (χ0) is 20.1. The summed E-state index contributed by atoms with van der Waals surface area (Å²) in [7, 11) is 0. The van der Waals surface area contributed by atoms with Crippen LogP contribution in [-0.2, 0) is 0 Å². The molecule has 0 radical (unpaired) electrons. The van der Waals surface area contributed by atoms with Crippen LogP contribution in [0.1, 0.15) is 0 Å². The third-order valence-electron chi connectivity index (χ3n) is 5.18. The lowest BCUT2D eigenvalue weighted by Crippen LogP contribution is -3.07. The van der Waals surface area contributed by atoms with Gasteiger partial charge in [-0.1, -0.05) is 0 Å². The van der Waals surface area contributed by atoms with Crippen LogP contribution in [0, 0.1) is 0 Å². The fourth-order valence-electron chi connectivity index (χ4n) is 3.78. The number of aliphatic hydroxyl groups excluding tert-OH is 1. The van der Waals surface area contributed by atoms with E-state index in [0.29, 0.717) is 0 Å². The van der Waals surface area contributed by atoms with E-state index in [0.717, 1.165) is 0 Å². The minimum absolute atomic E-state index is 5.46. The van der Waals surface area contributed by atoms with Gasteiger partial charge in [-0.3, -0.25) is 0 Å². The Hall–Kier alpha value is -1.02. The third-order valence-corrected chi connectivity index (χ3v) is 5.18. The summed E-state index contributed by atoms with van der Waals surface area (Å²) in [6.45, 7) is 0. The fraction of sp³-hybridized carbons (Fsp3) is 1.00. The van der Waals surface area contributed by atoms with Gasteiger partial charge in [0, 0.05) is 0 Å². The summed E-state index contributed by atoms with van der Waals surface area (Å²) in [5, 5.41) is 8.84. The molecule has 0 atom stereocenters. The fourth-order valence-corrected chi connectivity index (χ4v) is 3.78. The second kappa shape index (κ2) is 3.54. The highest BCUT2D eigenvalue weighted by molar-refractivity contribution is 5.52. The van der Waals surface area contributed by atoms with Gasteiger partial charge in [0.05, 0.1) is 0 Å². The molecular formula is C10H2F14O. The summed E-state index contributed by atoms with van der Waals surface area (Å²) in [4.78, 5) is 0. The molecule has 1 N–H and O–H groups in total. The number of halogens is 14. The van der Waals surface area contributed by atoms with Crippen molar-refractivity contribution in [2.24, 2.45) is 0 Å². The highest BCUT2D eigenvalue weighted by Crippen LogP contribution is 2.85. The predicted octanol–water partition coefficient (Wildman–Crippen LogP) is 3.40. The zero-order valence-electron chi connectivity index (χ0n) is 10.8. The van der Waals surface area contributed by atoms with E-state index in [-0.39, 0.29) is 0 Å². The van der Waals surface area contributed by atoms with Crippen LogP contribution in [-0.4, -0.2) is 63.5 Å². The Bertz CT molecular complexity index is 581. The van der Waals surface area contributed by atoms with E-state index in [4.69, 9.17) is 5.11 Å².